The van der Waals surface area contributed by atoms with E-state index in [0.29, 0.717) is 34.5 Å². The van der Waals surface area contributed by atoms with Crippen molar-refractivity contribution in [2.24, 2.45) is 5.92 Å². The molecule has 7 heteroatoms. The fourth-order valence-corrected chi connectivity index (χ4v) is 3.00. The van der Waals surface area contributed by atoms with Crippen LogP contribution in [0.3, 0.4) is 0 Å². The largest absolute Gasteiger partial charge is 0.411 e. The third-order valence-electron chi connectivity index (χ3n) is 3.29. The molecule has 0 fully saturated rings. The predicted molar refractivity (Wildman–Crippen MR) is 91.6 cm³/mol. The van der Waals surface area contributed by atoms with E-state index < -0.39 is 0 Å². The molecule has 2 heterocycles. The fourth-order valence-electron chi connectivity index (χ4n) is 2.39. The van der Waals surface area contributed by atoms with E-state index in [1.54, 1.807) is 0 Å². The summed E-state index contributed by atoms with van der Waals surface area (Å²) < 4.78 is 11.0. The molecule has 3 aromatic rings. The van der Waals surface area contributed by atoms with Gasteiger partial charge >= 0.3 is 0 Å². The molecule has 0 aliphatic rings. The van der Waals surface area contributed by atoms with E-state index in [1.807, 2.05) is 26.0 Å². The molecule has 6 nitrogen and oxygen atoms in total. The van der Waals surface area contributed by atoms with E-state index in [-0.39, 0.29) is 0 Å². The fraction of sp³-hybridized carbons (Fsp3) is 0.412. The molecule has 1 aromatic carbocycles. The summed E-state index contributed by atoms with van der Waals surface area (Å²) in [5.41, 5.74) is 3.27. The molecule has 0 spiro atoms. The van der Waals surface area contributed by atoms with Gasteiger partial charge < -0.3 is 8.94 Å². The van der Waals surface area contributed by atoms with Crippen LogP contribution >= 0.6 is 11.8 Å². The molecular weight excluding hydrogens is 324 g/mol. The van der Waals surface area contributed by atoms with Crippen LogP contribution in [0.2, 0.25) is 0 Å². The number of hydrogen-bond acceptors (Lipinski definition) is 7. The van der Waals surface area contributed by atoms with E-state index >= 15 is 0 Å². The maximum Gasteiger partial charge on any atom is 0.277 e. The van der Waals surface area contributed by atoms with E-state index in [0.717, 1.165) is 12.0 Å². The lowest BCUT2D eigenvalue weighted by molar-refractivity contribution is 0.360. The molecule has 0 aliphatic heterocycles. The van der Waals surface area contributed by atoms with Gasteiger partial charge in [-0.1, -0.05) is 48.0 Å². The lowest BCUT2D eigenvalue weighted by Crippen LogP contribution is -1.94. The van der Waals surface area contributed by atoms with Crippen molar-refractivity contribution in [2.75, 3.05) is 0 Å². The summed E-state index contributed by atoms with van der Waals surface area (Å²) in [4.78, 5) is 4.37. The van der Waals surface area contributed by atoms with Crippen molar-refractivity contribution < 1.29 is 8.94 Å². The van der Waals surface area contributed by atoms with Crippen LogP contribution in [0.1, 0.15) is 36.7 Å². The lowest BCUT2D eigenvalue weighted by atomic mass is 10.1. The Balaban J connectivity index is 1.65. The van der Waals surface area contributed by atoms with Crippen molar-refractivity contribution in [2.45, 2.75) is 45.1 Å². The Labute approximate surface area is 145 Å². The normalized spacial score (nSPS) is 11.4. The third kappa shape index (κ3) is 4.23. The van der Waals surface area contributed by atoms with Gasteiger partial charge in [0.1, 0.15) is 0 Å². The summed E-state index contributed by atoms with van der Waals surface area (Å²) in [6.07, 6.45) is 0.787. The molecule has 0 unspecified atom stereocenters. The smallest absolute Gasteiger partial charge is 0.277 e. The van der Waals surface area contributed by atoms with Gasteiger partial charge in [0.2, 0.25) is 11.8 Å². The summed E-state index contributed by atoms with van der Waals surface area (Å²) in [5.74, 6) is 2.86. The standard InChI is InChI=1S/C17H20N4O2S/c1-10(2)5-15-18-14(21-23-15)9-24-17-20-19-16(22-17)13-7-11(3)6-12(4)8-13/h6-8,10H,5,9H2,1-4H3. The highest BCUT2D eigenvalue weighted by molar-refractivity contribution is 7.98. The van der Waals surface area contributed by atoms with E-state index in [4.69, 9.17) is 8.94 Å². The first-order valence-corrected chi connectivity index (χ1v) is 8.84. The first-order chi connectivity index (χ1) is 11.5. The zero-order valence-electron chi connectivity index (χ0n) is 14.2. The molecule has 0 aliphatic carbocycles. The van der Waals surface area contributed by atoms with Crippen LogP contribution in [-0.2, 0) is 12.2 Å². The van der Waals surface area contributed by atoms with E-state index in [9.17, 15) is 0 Å². The molecule has 24 heavy (non-hydrogen) atoms. The number of aryl methyl sites for hydroxylation is 2. The molecule has 0 saturated carbocycles. The van der Waals surface area contributed by atoms with Crippen molar-refractivity contribution in [3.8, 4) is 11.5 Å². The Morgan fingerprint density at radius 1 is 1.08 bits per heavy atom. The number of hydrogen-bond donors (Lipinski definition) is 0. The van der Waals surface area contributed by atoms with Gasteiger partial charge in [0.15, 0.2) is 5.82 Å². The average molecular weight is 344 g/mol. The molecule has 0 atom stereocenters. The number of nitrogens with zero attached hydrogens (tertiary/aromatic N) is 4. The van der Waals surface area contributed by atoms with Crippen molar-refractivity contribution in [1.82, 2.24) is 20.3 Å². The average Bonchev–Trinajstić information content (AvgIpc) is 3.12. The quantitative estimate of drug-likeness (QED) is 0.619. The van der Waals surface area contributed by atoms with Gasteiger partial charge in [-0.05, 0) is 31.9 Å². The van der Waals surface area contributed by atoms with E-state index in [1.165, 1.54) is 22.9 Å². The Kier molecular flexibility index (Phi) is 4.99. The van der Waals surface area contributed by atoms with Gasteiger partial charge in [-0.2, -0.15) is 4.98 Å². The highest BCUT2D eigenvalue weighted by Gasteiger charge is 2.13. The van der Waals surface area contributed by atoms with Crippen LogP contribution in [0.4, 0.5) is 0 Å². The maximum absolute atomic E-state index is 5.73. The van der Waals surface area contributed by atoms with Crippen LogP contribution in [0.15, 0.2) is 32.4 Å². The minimum absolute atomic E-state index is 0.488. The minimum Gasteiger partial charge on any atom is -0.411 e. The maximum atomic E-state index is 5.73. The summed E-state index contributed by atoms with van der Waals surface area (Å²) in [5, 5.41) is 12.7. The SMILES string of the molecule is Cc1cc(C)cc(-c2nnc(SCc3noc(CC(C)C)n3)o2)c1. The Hall–Kier alpha value is -2.15. The molecule has 0 N–H and O–H groups in total. The van der Waals surface area contributed by atoms with Crippen molar-refractivity contribution in [1.29, 1.82) is 0 Å². The second-order valence-electron chi connectivity index (χ2n) is 6.24. The number of benzene rings is 1. The third-order valence-corrected chi connectivity index (χ3v) is 4.11. The molecule has 3 rings (SSSR count). The zero-order chi connectivity index (χ0) is 17.1. The summed E-state index contributed by atoms with van der Waals surface area (Å²) in [6, 6.07) is 6.18. The number of rotatable bonds is 6. The number of thioether (sulfide) groups is 1. The van der Waals surface area contributed by atoms with Crippen LogP contribution in [-0.4, -0.2) is 20.3 Å². The zero-order valence-corrected chi connectivity index (χ0v) is 15.1. The second kappa shape index (κ2) is 7.17. The van der Waals surface area contributed by atoms with Crippen LogP contribution < -0.4 is 0 Å². The van der Waals surface area contributed by atoms with Crippen molar-refractivity contribution >= 4 is 11.8 Å². The summed E-state index contributed by atoms with van der Waals surface area (Å²) in [6.45, 7) is 8.33. The highest BCUT2D eigenvalue weighted by Crippen LogP contribution is 2.26. The van der Waals surface area contributed by atoms with Gasteiger partial charge in [0, 0.05) is 12.0 Å². The molecule has 2 aromatic heterocycles. The van der Waals surface area contributed by atoms with Crippen molar-refractivity contribution in [3.63, 3.8) is 0 Å². The first kappa shape index (κ1) is 16.7. The molecule has 126 valence electrons. The van der Waals surface area contributed by atoms with Gasteiger partial charge in [-0.15, -0.1) is 10.2 Å². The molecule has 0 bridgehead atoms. The Morgan fingerprint density at radius 3 is 2.54 bits per heavy atom. The number of aromatic nitrogens is 4. The minimum atomic E-state index is 0.488. The van der Waals surface area contributed by atoms with Gasteiger partial charge in [0.25, 0.3) is 5.22 Å². The monoisotopic (exact) mass is 344 g/mol. The van der Waals surface area contributed by atoms with Crippen LogP contribution in [0.25, 0.3) is 11.5 Å². The molecule has 0 saturated heterocycles. The first-order valence-electron chi connectivity index (χ1n) is 7.86. The van der Waals surface area contributed by atoms with Crippen molar-refractivity contribution in [3.05, 3.63) is 41.0 Å². The Bertz CT molecular complexity index is 805. The van der Waals surface area contributed by atoms with E-state index in [2.05, 4.69) is 40.3 Å². The van der Waals surface area contributed by atoms with Gasteiger partial charge in [-0.25, -0.2) is 0 Å². The Morgan fingerprint density at radius 2 is 1.83 bits per heavy atom. The topological polar surface area (TPSA) is 77.8 Å². The molecular formula is C17H20N4O2S. The van der Waals surface area contributed by atoms with Crippen LogP contribution in [0.5, 0.6) is 0 Å². The van der Waals surface area contributed by atoms with Gasteiger partial charge in [-0.3, -0.25) is 0 Å². The molecule has 0 radical (unpaired) electrons. The lowest BCUT2D eigenvalue weighted by Gasteiger charge is -1.99. The highest BCUT2D eigenvalue weighted by atomic mass is 32.2. The van der Waals surface area contributed by atoms with Crippen LogP contribution in [0, 0.1) is 19.8 Å². The molecule has 0 amide bonds. The second-order valence-corrected chi connectivity index (χ2v) is 7.17. The summed E-state index contributed by atoms with van der Waals surface area (Å²) >= 11 is 1.40. The predicted octanol–water partition coefficient (Wildman–Crippen LogP) is 4.23. The van der Waals surface area contributed by atoms with Gasteiger partial charge in [0.05, 0.1) is 5.75 Å². The summed E-state index contributed by atoms with van der Waals surface area (Å²) in [7, 11) is 0.